The van der Waals surface area contributed by atoms with Gasteiger partial charge in [0.2, 0.25) is 10.0 Å². The first kappa shape index (κ1) is 40.9. The molecule has 0 aliphatic carbocycles. The lowest BCUT2D eigenvalue weighted by molar-refractivity contribution is 0.200. The smallest absolute Gasteiger partial charge is 0.229 e. The van der Waals surface area contributed by atoms with Crippen LogP contribution in [-0.2, 0) is 10.0 Å². The second kappa shape index (κ2) is 18.5. The van der Waals surface area contributed by atoms with Gasteiger partial charge in [-0.05, 0) is 134 Å². The fraction of sp³-hybridized carbons (Fsp3) is 0.143. The van der Waals surface area contributed by atoms with E-state index in [4.69, 9.17) is 9.47 Å². The summed E-state index contributed by atoms with van der Waals surface area (Å²) in [5.74, 6) is 15.2. The van der Waals surface area contributed by atoms with Gasteiger partial charge < -0.3 is 24.5 Å². The molecule has 0 amide bonds. The van der Waals surface area contributed by atoms with Crippen molar-refractivity contribution in [2.75, 3.05) is 24.2 Å². The molecule has 1 unspecified atom stereocenters. The lowest BCUT2D eigenvalue weighted by Crippen LogP contribution is -2.10. The van der Waals surface area contributed by atoms with Crippen LogP contribution in [0, 0.1) is 23.7 Å². The van der Waals surface area contributed by atoms with Crippen molar-refractivity contribution in [3.8, 4) is 57.4 Å². The maximum atomic E-state index is 11.7. The fourth-order valence-corrected chi connectivity index (χ4v) is 7.06. The number of benzene rings is 6. The Bertz CT molecular complexity index is 3000. The van der Waals surface area contributed by atoms with E-state index in [2.05, 4.69) is 48.3 Å². The summed E-state index contributed by atoms with van der Waals surface area (Å²) < 4.78 is 36.8. The van der Waals surface area contributed by atoms with Crippen LogP contribution in [0.25, 0.3) is 44.3 Å². The first-order chi connectivity index (χ1) is 29.0. The van der Waals surface area contributed by atoms with Gasteiger partial charge in [0.25, 0.3) is 0 Å². The van der Waals surface area contributed by atoms with Gasteiger partial charge in [-0.1, -0.05) is 66.4 Å². The molecule has 2 aromatic heterocycles. The number of aromatic nitrogens is 4. The number of ether oxygens (including phenoxy) is 2. The van der Waals surface area contributed by atoms with Crippen molar-refractivity contribution >= 4 is 37.8 Å². The highest BCUT2D eigenvalue weighted by molar-refractivity contribution is 7.92. The molecule has 0 aliphatic heterocycles. The number of para-hydroxylation sites is 1. The third kappa shape index (κ3) is 10.4. The van der Waals surface area contributed by atoms with Gasteiger partial charge in [0, 0.05) is 16.7 Å². The Morgan fingerprint density at radius 1 is 0.633 bits per heavy atom. The monoisotopic (exact) mass is 813 g/mol. The van der Waals surface area contributed by atoms with E-state index in [1.54, 1.807) is 19.1 Å². The van der Waals surface area contributed by atoms with Gasteiger partial charge in [-0.3, -0.25) is 4.72 Å². The summed E-state index contributed by atoms with van der Waals surface area (Å²) in [6.07, 6.45) is 0.608. The maximum absolute atomic E-state index is 11.7. The van der Waals surface area contributed by atoms with E-state index < -0.39 is 16.1 Å². The molecule has 11 heteroatoms. The van der Waals surface area contributed by atoms with Crippen LogP contribution in [0.4, 0.5) is 5.69 Å². The molecule has 8 rings (SSSR count). The maximum Gasteiger partial charge on any atom is 0.229 e. The first-order valence-electron chi connectivity index (χ1n) is 19.4. The second-order valence-corrected chi connectivity index (χ2v) is 15.5. The highest BCUT2D eigenvalue weighted by atomic mass is 32.2. The van der Waals surface area contributed by atoms with Gasteiger partial charge in [0.1, 0.15) is 11.5 Å². The summed E-state index contributed by atoms with van der Waals surface area (Å²) in [7, 11) is -3.38. The number of rotatable bonds is 9. The zero-order valence-electron chi connectivity index (χ0n) is 33.6. The molecule has 1 atom stereocenters. The van der Waals surface area contributed by atoms with Crippen molar-refractivity contribution in [3.63, 3.8) is 0 Å². The highest BCUT2D eigenvalue weighted by Crippen LogP contribution is 2.31. The lowest BCUT2D eigenvalue weighted by Gasteiger charge is -2.11. The number of sulfonamides is 1. The Labute approximate surface area is 349 Å². The number of hydrogen-bond acceptors (Lipinski definition) is 7. The molecule has 0 radical (unpaired) electrons. The molecule has 10 nitrogen and oxygen atoms in total. The average Bonchev–Trinajstić information content (AvgIpc) is 3.86. The normalized spacial score (nSPS) is 11.3. The number of aliphatic hydroxyl groups is 1. The first-order valence-corrected chi connectivity index (χ1v) is 21.3. The molecule has 2 heterocycles. The number of imidazole rings is 2. The molecule has 0 fully saturated rings. The molecule has 0 bridgehead atoms. The van der Waals surface area contributed by atoms with Crippen LogP contribution in [0.2, 0.25) is 0 Å². The number of nitrogens with one attached hydrogen (secondary N) is 3. The van der Waals surface area contributed by atoms with E-state index in [1.807, 2.05) is 135 Å². The van der Waals surface area contributed by atoms with Crippen LogP contribution in [0.5, 0.6) is 11.5 Å². The molecule has 6 aromatic carbocycles. The number of hydrogen-bond donors (Lipinski definition) is 4. The van der Waals surface area contributed by atoms with E-state index >= 15 is 0 Å². The Kier molecular flexibility index (Phi) is 12.6. The van der Waals surface area contributed by atoms with Crippen LogP contribution in [0.3, 0.4) is 0 Å². The molecule has 0 aliphatic rings. The fourth-order valence-electron chi connectivity index (χ4n) is 6.49. The number of anilines is 1. The molecule has 8 aromatic rings. The summed E-state index contributed by atoms with van der Waals surface area (Å²) in [4.78, 5) is 15.6. The topological polar surface area (TPSA) is 142 Å². The van der Waals surface area contributed by atoms with Crippen molar-refractivity contribution in [1.82, 2.24) is 19.9 Å². The predicted molar refractivity (Wildman–Crippen MR) is 239 cm³/mol. The molecule has 0 saturated heterocycles. The second-order valence-electron chi connectivity index (χ2n) is 13.7. The number of H-pyrrole nitrogens is 2. The molecule has 4 N–H and O–H groups in total. The van der Waals surface area contributed by atoms with Crippen LogP contribution in [0.1, 0.15) is 55.2 Å². The summed E-state index contributed by atoms with van der Waals surface area (Å²) in [6.45, 7) is 6.96. The van der Waals surface area contributed by atoms with Crippen LogP contribution in [-0.4, -0.2) is 52.9 Å². The summed E-state index contributed by atoms with van der Waals surface area (Å²) >= 11 is 0. The molecule has 300 valence electrons. The molecular formula is C49H43N5O5S. The van der Waals surface area contributed by atoms with Crippen LogP contribution in [0.15, 0.2) is 133 Å². The van der Waals surface area contributed by atoms with Gasteiger partial charge >= 0.3 is 0 Å². The summed E-state index contributed by atoms with van der Waals surface area (Å²) in [6, 6.07) is 42.2. The zero-order valence-corrected chi connectivity index (χ0v) is 34.4. The number of fused-ring (bicyclic) bond motifs is 2. The Morgan fingerprint density at radius 3 is 1.58 bits per heavy atom. The van der Waals surface area contributed by atoms with E-state index in [0.29, 0.717) is 30.5 Å². The van der Waals surface area contributed by atoms with E-state index in [1.165, 1.54) is 0 Å². The molecule has 0 spiro atoms. The number of nitrogens with zero attached hydrogens (tertiary/aromatic N) is 2. The van der Waals surface area contributed by atoms with Gasteiger partial charge in [-0.15, -0.1) is 0 Å². The van der Waals surface area contributed by atoms with E-state index in [9.17, 15) is 13.5 Å². The van der Waals surface area contributed by atoms with Gasteiger partial charge in [0.15, 0.2) is 11.6 Å². The van der Waals surface area contributed by atoms with Crippen molar-refractivity contribution in [2.45, 2.75) is 26.9 Å². The van der Waals surface area contributed by atoms with Crippen molar-refractivity contribution < 1.29 is 23.0 Å². The summed E-state index contributed by atoms with van der Waals surface area (Å²) in [5.41, 5.74) is 10.3. The largest absolute Gasteiger partial charge is 0.494 e. The Hall–Kier alpha value is -7.31. The van der Waals surface area contributed by atoms with Crippen molar-refractivity contribution in [2.24, 2.45) is 0 Å². The third-order valence-electron chi connectivity index (χ3n) is 9.20. The molecule has 60 heavy (non-hydrogen) atoms. The Morgan fingerprint density at radius 2 is 1.10 bits per heavy atom. The van der Waals surface area contributed by atoms with E-state index in [-0.39, 0.29) is 0 Å². The van der Waals surface area contributed by atoms with Gasteiger partial charge in [-0.25, -0.2) is 18.4 Å². The van der Waals surface area contributed by atoms with Crippen molar-refractivity contribution in [1.29, 1.82) is 0 Å². The molecule has 0 saturated carbocycles. The van der Waals surface area contributed by atoms with Gasteiger partial charge in [0.05, 0.1) is 53.3 Å². The van der Waals surface area contributed by atoms with Crippen LogP contribution < -0.4 is 14.2 Å². The van der Waals surface area contributed by atoms with Gasteiger partial charge in [-0.2, -0.15) is 0 Å². The average molecular weight is 814 g/mol. The quantitative estimate of drug-likeness (QED) is 0.106. The summed E-state index contributed by atoms with van der Waals surface area (Å²) in [5, 5.41) is 10.1. The SMILES string of the molecule is CCOc1ccc(C#Cc2nc3ccc(-c4ccccc4C(C)O)cc3[nH]2)cc1.CCOc1ccc(C#Cc2nc3ccc(-c4ccccc4NS(C)(=O)=O)cc3[nH]2)cc1. The molecular weight excluding hydrogens is 771 g/mol. The number of aliphatic hydroxyl groups excluding tert-OH is 1. The third-order valence-corrected chi connectivity index (χ3v) is 9.79. The minimum absolute atomic E-state index is 0.527. The standard InChI is InChI=1S/C25H22N2O2.C24H21N3O3S/c1-3-29-20-12-8-18(9-13-20)10-15-25-26-23-14-11-19(16-24(23)27-25)22-7-5-4-6-21(22)17(2)28;1-3-30-19-12-8-17(9-13-19)10-15-24-25-22-14-11-18(16-23(22)26-24)20-6-4-5-7-21(20)27-31(2,28)29/h4-9,11-14,16-17,28H,3H2,1-2H3,(H,26,27);4-9,11-14,16,27H,3H2,1-2H3,(H,25,26). The lowest BCUT2D eigenvalue weighted by atomic mass is 9.96. The highest BCUT2D eigenvalue weighted by Gasteiger charge is 2.12. The van der Waals surface area contributed by atoms with Crippen LogP contribution >= 0.6 is 0 Å². The Balaban J connectivity index is 0.000000182. The zero-order chi connectivity index (χ0) is 42.1. The number of aromatic amines is 2. The minimum Gasteiger partial charge on any atom is -0.494 e. The minimum atomic E-state index is -3.38. The van der Waals surface area contributed by atoms with Crippen molar-refractivity contribution in [3.05, 3.63) is 162 Å². The predicted octanol–water partition coefficient (Wildman–Crippen LogP) is 9.48. The van der Waals surface area contributed by atoms with E-state index in [0.717, 1.165) is 78.8 Å².